The second-order valence-electron chi connectivity index (χ2n) is 6.90. The quantitative estimate of drug-likeness (QED) is 0.415. The number of hydrogen-bond donors (Lipinski definition) is 1. The molecule has 7 heteroatoms. The zero-order valence-electron chi connectivity index (χ0n) is 16.8. The van der Waals surface area contributed by atoms with Crippen molar-refractivity contribution in [3.05, 3.63) is 64.8 Å². The van der Waals surface area contributed by atoms with E-state index in [0.717, 1.165) is 31.7 Å². The Bertz CT molecular complexity index is 1170. The van der Waals surface area contributed by atoms with Gasteiger partial charge in [-0.2, -0.15) is 9.78 Å². The minimum atomic E-state index is -0.155. The van der Waals surface area contributed by atoms with E-state index >= 15 is 0 Å². The molecule has 0 atom stereocenters. The molecule has 0 saturated heterocycles. The summed E-state index contributed by atoms with van der Waals surface area (Å²) >= 11 is 3.28. The Kier molecular flexibility index (Phi) is 5.43. The maximum absolute atomic E-state index is 12.8. The van der Waals surface area contributed by atoms with Crippen molar-refractivity contribution in [3.63, 3.8) is 0 Å². The van der Waals surface area contributed by atoms with Crippen molar-refractivity contribution >= 4 is 45.0 Å². The lowest BCUT2D eigenvalue weighted by molar-refractivity contribution is 0.102. The SMILES string of the molecule is CCSc1cccc(C(=O)Nc2cc(C)nn2-c2nc3cc(C)c(C)cc3s2)c1. The summed E-state index contributed by atoms with van der Waals surface area (Å²) in [4.78, 5) is 18.7. The lowest BCUT2D eigenvalue weighted by atomic mass is 10.1. The number of aryl methyl sites for hydroxylation is 3. The minimum absolute atomic E-state index is 0.155. The largest absolute Gasteiger partial charge is 0.306 e. The number of amides is 1. The highest BCUT2D eigenvalue weighted by Crippen LogP contribution is 2.29. The topological polar surface area (TPSA) is 59.8 Å². The first-order valence-corrected chi connectivity index (χ1v) is 11.2. The minimum Gasteiger partial charge on any atom is -0.306 e. The molecule has 4 aromatic rings. The fraction of sp³-hybridized carbons (Fsp3) is 0.227. The zero-order valence-corrected chi connectivity index (χ0v) is 18.4. The number of carbonyl (C=O) groups is 1. The summed E-state index contributed by atoms with van der Waals surface area (Å²) in [6.07, 6.45) is 0. The fourth-order valence-corrected chi connectivity index (χ4v) is 4.80. The molecule has 4 rings (SSSR count). The van der Waals surface area contributed by atoms with Gasteiger partial charge >= 0.3 is 0 Å². The molecule has 0 aliphatic heterocycles. The lowest BCUT2D eigenvalue weighted by Gasteiger charge is -2.07. The first-order valence-electron chi connectivity index (χ1n) is 9.43. The van der Waals surface area contributed by atoms with Gasteiger partial charge in [0.2, 0.25) is 5.13 Å². The lowest BCUT2D eigenvalue weighted by Crippen LogP contribution is -2.15. The predicted molar refractivity (Wildman–Crippen MR) is 122 cm³/mol. The van der Waals surface area contributed by atoms with Crippen LogP contribution in [0.3, 0.4) is 0 Å². The monoisotopic (exact) mass is 422 g/mol. The van der Waals surface area contributed by atoms with Crippen molar-refractivity contribution < 1.29 is 4.79 Å². The standard InChI is InChI=1S/C22H22N4OS2/c1-5-28-17-8-6-7-16(12-17)21(27)24-20-11-15(4)25-26(20)22-23-18-9-13(2)14(3)10-19(18)29-22/h6-12H,5H2,1-4H3,(H,24,27). The van der Waals surface area contributed by atoms with Gasteiger partial charge in [-0.15, -0.1) is 11.8 Å². The first kappa shape index (κ1) is 19.7. The number of aromatic nitrogens is 3. The van der Waals surface area contributed by atoms with E-state index in [1.165, 1.54) is 11.1 Å². The predicted octanol–water partition coefficient (Wildman–Crippen LogP) is 5.77. The Balaban J connectivity index is 1.67. The Morgan fingerprint density at radius 3 is 2.72 bits per heavy atom. The third-order valence-corrected chi connectivity index (χ3v) is 6.52. The molecular formula is C22H22N4OS2. The number of fused-ring (bicyclic) bond motifs is 1. The van der Waals surface area contributed by atoms with E-state index in [1.54, 1.807) is 27.8 Å². The fourth-order valence-electron chi connectivity index (χ4n) is 3.07. The van der Waals surface area contributed by atoms with Crippen LogP contribution in [-0.4, -0.2) is 26.4 Å². The number of thioether (sulfide) groups is 1. The second-order valence-corrected chi connectivity index (χ2v) is 9.24. The van der Waals surface area contributed by atoms with Crippen molar-refractivity contribution in [2.75, 3.05) is 11.1 Å². The van der Waals surface area contributed by atoms with E-state index in [9.17, 15) is 4.79 Å². The van der Waals surface area contributed by atoms with E-state index < -0.39 is 0 Å². The summed E-state index contributed by atoms with van der Waals surface area (Å²) < 4.78 is 2.82. The van der Waals surface area contributed by atoms with Crippen molar-refractivity contribution in [3.8, 4) is 5.13 Å². The highest BCUT2D eigenvalue weighted by Gasteiger charge is 2.16. The number of thiazole rings is 1. The van der Waals surface area contributed by atoms with E-state index in [2.05, 4.69) is 43.3 Å². The molecule has 0 aliphatic carbocycles. The Morgan fingerprint density at radius 2 is 1.93 bits per heavy atom. The summed E-state index contributed by atoms with van der Waals surface area (Å²) in [6, 6.07) is 13.8. The molecule has 0 radical (unpaired) electrons. The Labute approximate surface area is 178 Å². The molecule has 0 aliphatic rings. The van der Waals surface area contributed by atoms with Crippen LogP contribution in [0.4, 0.5) is 5.82 Å². The molecule has 0 unspecified atom stereocenters. The van der Waals surface area contributed by atoms with Crippen molar-refractivity contribution in [2.24, 2.45) is 0 Å². The van der Waals surface area contributed by atoms with Crippen LogP contribution in [0, 0.1) is 20.8 Å². The molecule has 0 fully saturated rings. The second kappa shape index (κ2) is 8.00. The molecule has 1 amide bonds. The van der Waals surface area contributed by atoms with Gasteiger partial charge in [-0.25, -0.2) is 4.98 Å². The summed E-state index contributed by atoms with van der Waals surface area (Å²) in [6.45, 7) is 8.19. The molecular weight excluding hydrogens is 400 g/mol. The number of rotatable bonds is 5. The highest BCUT2D eigenvalue weighted by atomic mass is 32.2. The molecule has 0 spiro atoms. The third kappa shape index (κ3) is 4.06. The number of anilines is 1. The summed E-state index contributed by atoms with van der Waals surface area (Å²) in [5.41, 5.74) is 4.85. The average Bonchev–Trinajstić information content (AvgIpc) is 3.25. The van der Waals surface area contributed by atoms with E-state index in [1.807, 2.05) is 37.3 Å². The number of hydrogen-bond acceptors (Lipinski definition) is 5. The van der Waals surface area contributed by atoms with Gasteiger partial charge in [0.15, 0.2) is 0 Å². The number of nitrogens with one attached hydrogen (secondary N) is 1. The van der Waals surface area contributed by atoms with Crippen LogP contribution in [0.15, 0.2) is 47.4 Å². The smallest absolute Gasteiger partial charge is 0.256 e. The Hall–Kier alpha value is -2.64. The van der Waals surface area contributed by atoms with E-state index in [-0.39, 0.29) is 5.91 Å². The number of nitrogens with zero attached hydrogens (tertiary/aromatic N) is 3. The van der Waals surface area contributed by atoms with Gasteiger partial charge in [-0.1, -0.05) is 24.3 Å². The first-order chi connectivity index (χ1) is 13.9. The molecule has 2 aromatic heterocycles. The third-order valence-electron chi connectivity index (χ3n) is 4.65. The number of carbonyl (C=O) groups excluding carboxylic acids is 1. The maximum atomic E-state index is 12.8. The molecule has 1 N–H and O–H groups in total. The molecule has 2 heterocycles. The normalized spacial score (nSPS) is 11.2. The molecule has 29 heavy (non-hydrogen) atoms. The van der Waals surface area contributed by atoms with Crippen LogP contribution < -0.4 is 5.32 Å². The van der Waals surface area contributed by atoms with Crippen LogP contribution >= 0.6 is 23.1 Å². The van der Waals surface area contributed by atoms with Gasteiger partial charge in [-0.05, 0) is 68.0 Å². The van der Waals surface area contributed by atoms with Crippen LogP contribution in [-0.2, 0) is 0 Å². The zero-order chi connectivity index (χ0) is 20.5. The van der Waals surface area contributed by atoms with Crippen molar-refractivity contribution in [1.29, 1.82) is 0 Å². The van der Waals surface area contributed by atoms with E-state index in [4.69, 9.17) is 4.98 Å². The average molecular weight is 423 g/mol. The summed E-state index contributed by atoms with van der Waals surface area (Å²) in [7, 11) is 0. The van der Waals surface area contributed by atoms with Gasteiger partial charge in [0.1, 0.15) is 5.82 Å². The van der Waals surface area contributed by atoms with Gasteiger partial charge < -0.3 is 5.32 Å². The van der Waals surface area contributed by atoms with Crippen LogP contribution in [0.1, 0.15) is 34.1 Å². The van der Waals surface area contributed by atoms with E-state index in [0.29, 0.717) is 11.4 Å². The summed E-state index contributed by atoms with van der Waals surface area (Å²) in [5, 5.41) is 8.30. The molecule has 0 saturated carbocycles. The van der Waals surface area contributed by atoms with Crippen LogP contribution in [0.5, 0.6) is 0 Å². The summed E-state index contributed by atoms with van der Waals surface area (Å²) in [5.74, 6) is 1.43. The maximum Gasteiger partial charge on any atom is 0.256 e. The molecule has 5 nitrogen and oxygen atoms in total. The molecule has 2 aromatic carbocycles. The Morgan fingerprint density at radius 1 is 1.14 bits per heavy atom. The van der Waals surface area contributed by atoms with Crippen LogP contribution in [0.2, 0.25) is 0 Å². The van der Waals surface area contributed by atoms with Crippen molar-refractivity contribution in [2.45, 2.75) is 32.6 Å². The highest BCUT2D eigenvalue weighted by molar-refractivity contribution is 7.99. The van der Waals surface area contributed by atoms with Crippen LogP contribution in [0.25, 0.3) is 15.3 Å². The van der Waals surface area contributed by atoms with Gasteiger partial charge in [0, 0.05) is 16.5 Å². The van der Waals surface area contributed by atoms with Crippen molar-refractivity contribution in [1.82, 2.24) is 14.8 Å². The molecule has 0 bridgehead atoms. The van der Waals surface area contributed by atoms with Gasteiger partial charge in [0.05, 0.1) is 15.9 Å². The van der Waals surface area contributed by atoms with Gasteiger partial charge in [0.25, 0.3) is 5.91 Å². The van der Waals surface area contributed by atoms with Gasteiger partial charge in [-0.3, -0.25) is 4.79 Å². The number of benzene rings is 2. The molecule has 148 valence electrons.